The van der Waals surface area contributed by atoms with Gasteiger partial charge in [-0.15, -0.1) is 0 Å². The van der Waals surface area contributed by atoms with E-state index in [1.165, 1.54) is 27.8 Å². The summed E-state index contributed by atoms with van der Waals surface area (Å²) >= 11 is 0. The number of aromatic nitrogens is 1. The van der Waals surface area contributed by atoms with E-state index in [1.807, 2.05) is 0 Å². The van der Waals surface area contributed by atoms with E-state index in [9.17, 15) is 14.4 Å². The van der Waals surface area contributed by atoms with E-state index in [0.717, 1.165) is 0 Å². The predicted octanol–water partition coefficient (Wildman–Crippen LogP) is 0.664. The summed E-state index contributed by atoms with van der Waals surface area (Å²) in [5.41, 5.74) is 0.637. The Hall–Kier alpha value is -3.09. The molecule has 0 atom stereocenters. The number of carbonyl (C=O) groups excluding carboxylic acids is 2. The van der Waals surface area contributed by atoms with Gasteiger partial charge in [0.25, 0.3) is 11.5 Å². The van der Waals surface area contributed by atoms with Gasteiger partial charge in [0.1, 0.15) is 5.75 Å². The highest BCUT2D eigenvalue weighted by molar-refractivity contribution is 5.96. The van der Waals surface area contributed by atoms with Gasteiger partial charge in [-0.3, -0.25) is 19.0 Å². The van der Waals surface area contributed by atoms with E-state index in [0.29, 0.717) is 11.4 Å². The molecule has 0 spiro atoms. The predicted molar refractivity (Wildman–Crippen MR) is 89.6 cm³/mol. The molecule has 0 bridgehead atoms. The highest BCUT2D eigenvalue weighted by atomic mass is 16.5. The molecule has 0 radical (unpaired) electrons. The number of pyridine rings is 1. The number of nitrogens with one attached hydrogen (secondary N) is 1. The van der Waals surface area contributed by atoms with Gasteiger partial charge in [0.2, 0.25) is 5.91 Å². The zero-order chi connectivity index (χ0) is 17.7. The van der Waals surface area contributed by atoms with Crippen molar-refractivity contribution in [3.05, 3.63) is 58.5 Å². The van der Waals surface area contributed by atoms with E-state index < -0.39 is 5.91 Å². The maximum atomic E-state index is 12.1. The number of amides is 2. The number of rotatable bonds is 5. The van der Waals surface area contributed by atoms with Crippen LogP contribution in [0.25, 0.3) is 5.69 Å². The topological polar surface area (TPSA) is 80.6 Å². The highest BCUT2D eigenvalue weighted by Crippen LogP contribution is 2.14. The summed E-state index contributed by atoms with van der Waals surface area (Å²) in [6.45, 7) is -0.104. The first-order valence-corrected chi connectivity index (χ1v) is 7.28. The molecule has 1 aromatic heterocycles. The first-order chi connectivity index (χ1) is 11.4. The fraction of sp³-hybridized carbons (Fsp3) is 0.235. The first-order valence-electron chi connectivity index (χ1n) is 7.28. The minimum absolute atomic E-state index is 0.104. The van der Waals surface area contributed by atoms with Crippen molar-refractivity contribution < 1.29 is 14.3 Å². The average molecular weight is 329 g/mol. The van der Waals surface area contributed by atoms with Crippen molar-refractivity contribution in [2.45, 2.75) is 0 Å². The third kappa shape index (κ3) is 4.01. The Balaban J connectivity index is 2.22. The molecule has 1 heterocycles. The van der Waals surface area contributed by atoms with Crippen molar-refractivity contribution in [1.29, 1.82) is 0 Å². The summed E-state index contributed by atoms with van der Waals surface area (Å²) in [6, 6.07) is 9.63. The molecule has 2 rings (SSSR count). The normalized spacial score (nSPS) is 10.1. The monoisotopic (exact) mass is 329 g/mol. The van der Waals surface area contributed by atoms with Gasteiger partial charge < -0.3 is 15.0 Å². The standard InChI is InChI=1S/C17H19N3O4/c1-19(2)16(22)10-18-17(23)12-4-9-15(21)20(11-12)13-5-7-14(24-3)8-6-13/h4-9,11H,10H2,1-3H3,(H,18,23). The van der Waals surface area contributed by atoms with E-state index >= 15 is 0 Å². The SMILES string of the molecule is COc1ccc(-n2cc(C(=O)NCC(=O)N(C)C)ccc2=O)cc1. The number of carbonyl (C=O) groups is 2. The van der Waals surface area contributed by atoms with Gasteiger partial charge in [-0.05, 0) is 30.3 Å². The Bertz CT molecular complexity index is 794. The molecule has 0 saturated heterocycles. The highest BCUT2D eigenvalue weighted by Gasteiger charge is 2.11. The summed E-state index contributed by atoms with van der Waals surface area (Å²) in [5.74, 6) is 0.0298. The van der Waals surface area contributed by atoms with Crippen LogP contribution in [0.4, 0.5) is 0 Å². The van der Waals surface area contributed by atoms with Crippen LogP contribution in [-0.4, -0.2) is 49.0 Å². The molecule has 126 valence electrons. The number of hydrogen-bond donors (Lipinski definition) is 1. The van der Waals surface area contributed by atoms with E-state index in [1.54, 1.807) is 45.5 Å². The average Bonchev–Trinajstić information content (AvgIpc) is 2.59. The Kier molecular flexibility index (Phi) is 5.36. The molecule has 1 N–H and O–H groups in total. The zero-order valence-electron chi connectivity index (χ0n) is 13.8. The lowest BCUT2D eigenvalue weighted by atomic mass is 10.2. The Morgan fingerprint density at radius 1 is 1.12 bits per heavy atom. The van der Waals surface area contributed by atoms with E-state index in [4.69, 9.17) is 4.74 Å². The van der Waals surface area contributed by atoms with Gasteiger partial charge in [-0.2, -0.15) is 0 Å². The number of hydrogen-bond acceptors (Lipinski definition) is 4. The van der Waals surface area contributed by atoms with Crippen molar-refractivity contribution in [3.63, 3.8) is 0 Å². The van der Waals surface area contributed by atoms with Crippen LogP contribution in [0.3, 0.4) is 0 Å². The van der Waals surface area contributed by atoms with Crippen LogP contribution in [0.1, 0.15) is 10.4 Å². The molecule has 2 amide bonds. The fourth-order valence-electron chi connectivity index (χ4n) is 1.98. The van der Waals surface area contributed by atoms with Crippen LogP contribution in [-0.2, 0) is 4.79 Å². The van der Waals surface area contributed by atoms with Gasteiger partial charge >= 0.3 is 0 Å². The number of likely N-dealkylation sites (N-methyl/N-ethyl adjacent to an activating group) is 1. The fourth-order valence-corrected chi connectivity index (χ4v) is 1.98. The lowest BCUT2D eigenvalue weighted by molar-refractivity contribution is -0.127. The summed E-state index contributed by atoms with van der Waals surface area (Å²) in [6.07, 6.45) is 1.44. The van der Waals surface area contributed by atoms with Gasteiger partial charge in [-0.25, -0.2) is 0 Å². The molecule has 7 nitrogen and oxygen atoms in total. The summed E-state index contributed by atoms with van der Waals surface area (Å²) in [4.78, 5) is 37.1. The van der Waals surface area contributed by atoms with Gasteiger partial charge in [-0.1, -0.05) is 0 Å². The largest absolute Gasteiger partial charge is 0.497 e. The molecule has 1 aromatic carbocycles. The maximum absolute atomic E-state index is 12.1. The van der Waals surface area contributed by atoms with Crippen molar-refractivity contribution in [1.82, 2.24) is 14.8 Å². The summed E-state index contributed by atoms with van der Waals surface area (Å²) < 4.78 is 6.45. The summed E-state index contributed by atoms with van der Waals surface area (Å²) in [5, 5.41) is 2.53. The second kappa shape index (κ2) is 7.45. The van der Waals surface area contributed by atoms with Gasteiger partial charge in [0, 0.05) is 32.0 Å². The zero-order valence-corrected chi connectivity index (χ0v) is 13.8. The van der Waals surface area contributed by atoms with E-state index in [2.05, 4.69) is 5.32 Å². The molecule has 0 aliphatic rings. The number of nitrogens with zero attached hydrogens (tertiary/aromatic N) is 2. The van der Waals surface area contributed by atoms with Crippen molar-refractivity contribution in [3.8, 4) is 11.4 Å². The third-order valence-corrected chi connectivity index (χ3v) is 3.42. The van der Waals surface area contributed by atoms with Crippen molar-refractivity contribution in [2.75, 3.05) is 27.7 Å². The number of benzene rings is 1. The minimum atomic E-state index is -0.424. The second-order valence-electron chi connectivity index (χ2n) is 5.29. The first kappa shape index (κ1) is 17.3. The molecular formula is C17H19N3O4. The molecule has 0 unspecified atom stereocenters. The molecule has 0 aliphatic heterocycles. The smallest absolute Gasteiger partial charge is 0.255 e. The Morgan fingerprint density at radius 2 is 1.79 bits per heavy atom. The maximum Gasteiger partial charge on any atom is 0.255 e. The van der Waals surface area contributed by atoms with Crippen LogP contribution in [0, 0.1) is 0 Å². The molecular weight excluding hydrogens is 310 g/mol. The molecule has 0 aliphatic carbocycles. The van der Waals surface area contributed by atoms with Crippen molar-refractivity contribution in [2.24, 2.45) is 0 Å². The van der Waals surface area contributed by atoms with Gasteiger partial charge in [0.05, 0.1) is 19.2 Å². The van der Waals surface area contributed by atoms with Gasteiger partial charge in [0.15, 0.2) is 0 Å². The van der Waals surface area contributed by atoms with Crippen LogP contribution >= 0.6 is 0 Å². The molecule has 0 saturated carbocycles. The van der Waals surface area contributed by atoms with E-state index in [-0.39, 0.29) is 23.6 Å². The second-order valence-corrected chi connectivity index (χ2v) is 5.29. The van der Waals surface area contributed by atoms with Crippen molar-refractivity contribution >= 4 is 11.8 Å². The van der Waals surface area contributed by atoms with Crippen LogP contribution in [0.5, 0.6) is 5.75 Å². The Morgan fingerprint density at radius 3 is 2.38 bits per heavy atom. The minimum Gasteiger partial charge on any atom is -0.497 e. The molecule has 2 aromatic rings. The van der Waals surface area contributed by atoms with Crippen LogP contribution in [0.2, 0.25) is 0 Å². The lowest BCUT2D eigenvalue weighted by Gasteiger charge is -2.12. The van der Waals surface area contributed by atoms with Crippen LogP contribution in [0.15, 0.2) is 47.4 Å². The van der Waals surface area contributed by atoms with Crippen LogP contribution < -0.4 is 15.6 Å². The molecule has 0 fully saturated rings. The summed E-state index contributed by atoms with van der Waals surface area (Å²) in [7, 11) is 4.78. The third-order valence-electron chi connectivity index (χ3n) is 3.42. The molecule has 24 heavy (non-hydrogen) atoms. The quantitative estimate of drug-likeness (QED) is 0.874. The Labute approximate surface area is 139 Å². The number of ether oxygens (including phenoxy) is 1. The molecule has 7 heteroatoms. The lowest BCUT2D eigenvalue weighted by Crippen LogP contribution is -2.36. The number of methoxy groups -OCH3 is 1.